The van der Waals surface area contributed by atoms with Crippen molar-refractivity contribution in [1.29, 1.82) is 0 Å². The summed E-state index contributed by atoms with van der Waals surface area (Å²) in [5.41, 5.74) is 3.23. The fraction of sp³-hybridized carbons (Fsp3) is 0.423. The number of carbonyl (C=O) groups is 3. The molecule has 0 heterocycles. The first-order valence-electron chi connectivity index (χ1n) is 11.4. The number of carboxylic acids is 1. The van der Waals surface area contributed by atoms with E-state index in [4.69, 9.17) is 4.74 Å². The van der Waals surface area contributed by atoms with Crippen LogP contribution in [0.15, 0.2) is 48.5 Å². The van der Waals surface area contributed by atoms with Crippen LogP contribution in [-0.2, 0) is 14.3 Å². The predicted molar refractivity (Wildman–Crippen MR) is 126 cm³/mol. The summed E-state index contributed by atoms with van der Waals surface area (Å²) in [5.74, 6) is -1.54. The van der Waals surface area contributed by atoms with Crippen LogP contribution in [0, 0.1) is 0 Å². The van der Waals surface area contributed by atoms with Gasteiger partial charge >= 0.3 is 12.1 Å². The lowest BCUT2D eigenvalue weighted by atomic mass is 9.95. The van der Waals surface area contributed by atoms with E-state index in [1.54, 1.807) is 0 Å². The van der Waals surface area contributed by atoms with Crippen molar-refractivity contribution in [3.8, 4) is 11.1 Å². The summed E-state index contributed by atoms with van der Waals surface area (Å²) in [7, 11) is 0. The molecule has 33 heavy (non-hydrogen) atoms. The highest BCUT2D eigenvalue weighted by atomic mass is 16.5. The van der Waals surface area contributed by atoms with Crippen LogP contribution < -0.4 is 10.6 Å². The third kappa shape index (κ3) is 5.53. The number of fused-ring (bicyclic) bond motifs is 3. The summed E-state index contributed by atoms with van der Waals surface area (Å²) < 4.78 is 5.56. The maximum absolute atomic E-state index is 12.5. The second kappa shape index (κ2) is 10.5. The van der Waals surface area contributed by atoms with Crippen molar-refractivity contribution < 1.29 is 24.2 Å². The third-order valence-corrected chi connectivity index (χ3v) is 6.23. The average Bonchev–Trinajstić information content (AvgIpc) is 3.11. The Labute approximate surface area is 194 Å². The molecule has 0 spiro atoms. The fourth-order valence-corrected chi connectivity index (χ4v) is 4.41. The summed E-state index contributed by atoms with van der Waals surface area (Å²) in [4.78, 5) is 36.5. The molecule has 0 saturated carbocycles. The molecule has 0 aromatic heterocycles. The minimum Gasteiger partial charge on any atom is -0.480 e. The number of benzene rings is 2. The van der Waals surface area contributed by atoms with E-state index in [1.807, 2.05) is 38.1 Å². The quantitative estimate of drug-likeness (QED) is 0.494. The van der Waals surface area contributed by atoms with Crippen molar-refractivity contribution in [3.63, 3.8) is 0 Å². The highest BCUT2D eigenvalue weighted by Gasteiger charge is 2.34. The zero-order valence-corrected chi connectivity index (χ0v) is 19.4. The number of amides is 2. The van der Waals surface area contributed by atoms with Gasteiger partial charge < -0.3 is 20.5 Å². The minimum absolute atomic E-state index is 0.0206. The SMILES string of the molecule is CCCC(C)(NC(=O)C[C@@H](CC)NC(=O)OCC1c2ccccc2-c2ccccc21)C(=O)O. The molecule has 2 atom stereocenters. The monoisotopic (exact) mass is 452 g/mol. The molecule has 176 valence electrons. The lowest BCUT2D eigenvalue weighted by Gasteiger charge is -2.27. The maximum atomic E-state index is 12.5. The van der Waals surface area contributed by atoms with Crippen molar-refractivity contribution >= 4 is 18.0 Å². The molecule has 0 fully saturated rings. The first-order chi connectivity index (χ1) is 15.8. The molecule has 1 aliphatic carbocycles. The van der Waals surface area contributed by atoms with E-state index in [1.165, 1.54) is 6.92 Å². The number of hydrogen-bond acceptors (Lipinski definition) is 4. The molecule has 0 bridgehead atoms. The van der Waals surface area contributed by atoms with E-state index >= 15 is 0 Å². The Morgan fingerprint density at radius 3 is 2.12 bits per heavy atom. The lowest BCUT2D eigenvalue weighted by molar-refractivity contribution is -0.147. The van der Waals surface area contributed by atoms with Crippen LogP contribution in [0.2, 0.25) is 0 Å². The number of hydrogen-bond donors (Lipinski definition) is 3. The number of alkyl carbamates (subject to hydrolysis) is 1. The van der Waals surface area contributed by atoms with Gasteiger partial charge in [-0.25, -0.2) is 9.59 Å². The van der Waals surface area contributed by atoms with Gasteiger partial charge in [-0.15, -0.1) is 0 Å². The predicted octanol–water partition coefficient (Wildman–Crippen LogP) is 4.45. The molecular formula is C26H32N2O5. The fourth-order valence-electron chi connectivity index (χ4n) is 4.41. The van der Waals surface area contributed by atoms with E-state index in [9.17, 15) is 19.5 Å². The molecule has 2 amide bonds. The Morgan fingerprint density at radius 1 is 1.03 bits per heavy atom. The third-order valence-electron chi connectivity index (χ3n) is 6.23. The number of carboxylic acid groups (broad SMARTS) is 1. The lowest BCUT2D eigenvalue weighted by Crippen LogP contribution is -2.53. The first kappa shape index (κ1) is 24.3. The van der Waals surface area contributed by atoms with Crippen molar-refractivity contribution in [2.45, 2.75) is 64.0 Å². The van der Waals surface area contributed by atoms with Gasteiger partial charge in [0.2, 0.25) is 5.91 Å². The smallest absolute Gasteiger partial charge is 0.407 e. The number of rotatable bonds is 10. The Kier molecular flexibility index (Phi) is 7.74. The normalized spacial score (nSPS) is 15.0. The van der Waals surface area contributed by atoms with Crippen LogP contribution in [0.4, 0.5) is 4.79 Å². The van der Waals surface area contributed by atoms with Crippen molar-refractivity contribution in [1.82, 2.24) is 10.6 Å². The number of ether oxygens (including phenoxy) is 1. The largest absolute Gasteiger partial charge is 0.480 e. The highest BCUT2D eigenvalue weighted by molar-refractivity contribution is 5.87. The van der Waals surface area contributed by atoms with Crippen molar-refractivity contribution in [2.24, 2.45) is 0 Å². The average molecular weight is 453 g/mol. The molecule has 1 unspecified atom stereocenters. The molecule has 7 heteroatoms. The van der Waals surface area contributed by atoms with Gasteiger partial charge in [0, 0.05) is 18.4 Å². The summed E-state index contributed by atoms with van der Waals surface area (Å²) in [6.45, 7) is 5.40. The molecule has 2 aromatic carbocycles. The van der Waals surface area contributed by atoms with Crippen LogP contribution >= 0.6 is 0 Å². The standard InChI is InChI=1S/C26H32N2O5/c1-4-14-26(3,24(30)31)28-23(29)15-17(5-2)27-25(32)33-16-22-20-12-8-6-10-18(20)19-11-7-9-13-21(19)22/h6-13,17,22H,4-5,14-16H2,1-3H3,(H,27,32)(H,28,29)(H,30,31)/t17-,26?/m1/s1. The number of aliphatic carboxylic acids is 1. The maximum Gasteiger partial charge on any atom is 0.407 e. The van der Waals surface area contributed by atoms with Crippen molar-refractivity contribution in [3.05, 3.63) is 59.7 Å². The Hall–Kier alpha value is -3.35. The van der Waals surface area contributed by atoms with Crippen LogP contribution in [0.5, 0.6) is 0 Å². The van der Waals surface area contributed by atoms with Gasteiger partial charge in [0.1, 0.15) is 12.1 Å². The van der Waals surface area contributed by atoms with Crippen molar-refractivity contribution in [2.75, 3.05) is 6.61 Å². The molecule has 1 aliphatic rings. The van der Waals surface area contributed by atoms with E-state index in [0.717, 1.165) is 22.3 Å². The molecule has 0 aliphatic heterocycles. The number of nitrogens with one attached hydrogen (secondary N) is 2. The van der Waals surface area contributed by atoms with Gasteiger partial charge in [-0.05, 0) is 42.0 Å². The summed E-state index contributed by atoms with van der Waals surface area (Å²) in [6, 6.07) is 15.7. The number of carbonyl (C=O) groups excluding carboxylic acids is 2. The first-order valence-corrected chi connectivity index (χ1v) is 11.4. The van der Waals surface area contributed by atoms with E-state index in [2.05, 4.69) is 34.9 Å². The zero-order chi connectivity index (χ0) is 24.0. The van der Waals surface area contributed by atoms with Gasteiger partial charge in [0.15, 0.2) is 0 Å². The Morgan fingerprint density at radius 2 is 1.61 bits per heavy atom. The second-order valence-electron chi connectivity index (χ2n) is 8.71. The Balaban J connectivity index is 1.58. The summed E-state index contributed by atoms with van der Waals surface area (Å²) >= 11 is 0. The van der Waals surface area contributed by atoms with Gasteiger partial charge in [-0.1, -0.05) is 68.8 Å². The van der Waals surface area contributed by atoms with E-state index in [-0.39, 0.29) is 18.9 Å². The van der Waals surface area contributed by atoms with Gasteiger partial charge in [0.25, 0.3) is 0 Å². The molecule has 3 N–H and O–H groups in total. The molecule has 3 rings (SSSR count). The Bertz CT molecular complexity index is 976. The van der Waals surface area contributed by atoms with Crippen LogP contribution in [0.3, 0.4) is 0 Å². The molecule has 2 aromatic rings. The molecule has 0 radical (unpaired) electrons. The highest BCUT2D eigenvalue weighted by Crippen LogP contribution is 2.44. The van der Waals surface area contributed by atoms with Crippen LogP contribution in [0.25, 0.3) is 11.1 Å². The van der Waals surface area contributed by atoms with Crippen LogP contribution in [-0.4, -0.2) is 41.3 Å². The van der Waals surface area contributed by atoms with Gasteiger partial charge in [-0.2, -0.15) is 0 Å². The molecule has 7 nitrogen and oxygen atoms in total. The van der Waals surface area contributed by atoms with Crippen LogP contribution in [0.1, 0.15) is 63.5 Å². The van der Waals surface area contributed by atoms with Gasteiger partial charge in [0.05, 0.1) is 0 Å². The minimum atomic E-state index is -1.33. The zero-order valence-electron chi connectivity index (χ0n) is 19.4. The summed E-state index contributed by atoms with van der Waals surface area (Å²) in [6.07, 6.45) is 0.844. The van der Waals surface area contributed by atoms with E-state index in [0.29, 0.717) is 19.3 Å². The summed E-state index contributed by atoms with van der Waals surface area (Å²) in [5, 5.41) is 14.8. The molecular weight excluding hydrogens is 420 g/mol. The van der Waals surface area contributed by atoms with E-state index < -0.39 is 29.6 Å². The second-order valence-corrected chi connectivity index (χ2v) is 8.71. The topological polar surface area (TPSA) is 105 Å². The van der Waals surface area contributed by atoms with Gasteiger partial charge in [-0.3, -0.25) is 4.79 Å². The molecule has 0 saturated heterocycles.